The topological polar surface area (TPSA) is 12.0 Å². The highest BCUT2D eigenvalue weighted by molar-refractivity contribution is 7.98. The van der Waals surface area contributed by atoms with Crippen molar-refractivity contribution in [3.8, 4) is 0 Å². The Morgan fingerprint density at radius 2 is 1.85 bits per heavy atom. The third kappa shape index (κ3) is 3.18. The number of alkyl halides is 3. The van der Waals surface area contributed by atoms with Crippen LogP contribution in [0.5, 0.6) is 0 Å². The van der Waals surface area contributed by atoms with E-state index in [1.54, 1.807) is 24.5 Å². The minimum atomic E-state index is -4.37. The number of nitrogens with one attached hydrogen (secondary N) is 1. The number of rotatable bonds is 2. The van der Waals surface area contributed by atoms with E-state index in [1.807, 2.05) is 0 Å². The Kier molecular flexibility index (Phi) is 3.08. The van der Waals surface area contributed by atoms with E-state index in [0.717, 1.165) is 0 Å². The van der Waals surface area contributed by atoms with Crippen molar-refractivity contribution in [2.45, 2.75) is 11.2 Å². The third-order valence-electron chi connectivity index (χ3n) is 1.38. The average Bonchev–Trinajstić information content (AvgIpc) is 2.02. The largest absolute Gasteiger partial charge is 0.482 e. The van der Waals surface area contributed by atoms with Gasteiger partial charge in [-0.1, -0.05) is 12.1 Å². The van der Waals surface area contributed by atoms with Crippen molar-refractivity contribution >= 4 is 17.4 Å². The first kappa shape index (κ1) is 10.2. The van der Waals surface area contributed by atoms with Crippen LogP contribution >= 0.6 is 11.8 Å². The standard InChI is InChI=1S/C8H8F3NS/c1-13-7-5-3-2-4-6(7)12-8(9,10)11/h2-5,12H,1H3. The molecule has 0 heterocycles. The van der Waals surface area contributed by atoms with Gasteiger partial charge in [0, 0.05) is 4.90 Å². The van der Waals surface area contributed by atoms with Crippen molar-refractivity contribution in [2.24, 2.45) is 0 Å². The van der Waals surface area contributed by atoms with E-state index in [0.29, 0.717) is 4.90 Å². The Morgan fingerprint density at radius 1 is 1.23 bits per heavy atom. The summed E-state index contributed by atoms with van der Waals surface area (Å²) in [5, 5.41) is 1.48. The molecule has 0 aliphatic carbocycles. The van der Waals surface area contributed by atoms with Crippen LogP contribution in [0.3, 0.4) is 0 Å². The summed E-state index contributed by atoms with van der Waals surface area (Å²) < 4.78 is 35.8. The summed E-state index contributed by atoms with van der Waals surface area (Å²) in [6, 6.07) is 6.30. The van der Waals surface area contributed by atoms with Gasteiger partial charge in [-0.3, -0.25) is 5.32 Å². The number of thioether (sulfide) groups is 1. The fraction of sp³-hybridized carbons (Fsp3) is 0.250. The Labute approximate surface area is 78.3 Å². The van der Waals surface area contributed by atoms with E-state index < -0.39 is 6.30 Å². The van der Waals surface area contributed by atoms with E-state index in [9.17, 15) is 13.2 Å². The maximum absolute atomic E-state index is 11.9. The van der Waals surface area contributed by atoms with Gasteiger partial charge in [-0.05, 0) is 18.4 Å². The fourth-order valence-corrected chi connectivity index (χ4v) is 1.45. The highest BCUT2D eigenvalue weighted by Gasteiger charge is 2.27. The van der Waals surface area contributed by atoms with Gasteiger partial charge in [-0.25, -0.2) is 0 Å². The van der Waals surface area contributed by atoms with Crippen LogP contribution in [0, 0.1) is 0 Å². The van der Waals surface area contributed by atoms with Gasteiger partial charge in [-0.15, -0.1) is 11.8 Å². The molecule has 0 fully saturated rings. The molecule has 72 valence electrons. The minimum absolute atomic E-state index is 0.0995. The Balaban J connectivity index is 2.87. The molecule has 1 N–H and O–H groups in total. The first-order valence-corrected chi connectivity index (χ1v) is 4.73. The maximum atomic E-state index is 11.9. The molecule has 0 aliphatic rings. The smallest absolute Gasteiger partial charge is 0.296 e. The second-order valence-corrected chi connectivity index (χ2v) is 3.17. The number of para-hydroxylation sites is 1. The number of hydrogen-bond donors (Lipinski definition) is 1. The molecule has 1 aromatic rings. The number of hydrogen-bond acceptors (Lipinski definition) is 2. The highest BCUT2D eigenvalue weighted by Crippen LogP contribution is 2.28. The van der Waals surface area contributed by atoms with Crippen molar-refractivity contribution < 1.29 is 13.2 Å². The lowest BCUT2D eigenvalue weighted by atomic mass is 10.3. The molecule has 1 nitrogen and oxygen atoms in total. The molecule has 0 aromatic heterocycles. The monoisotopic (exact) mass is 207 g/mol. The van der Waals surface area contributed by atoms with Crippen LogP contribution in [-0.4, -0.2) is 12.6 Å². The van der Waals surface area contributed by atoms with Gasteiger partial charge in [0.25, 0.3) is 0 Å². The molecule has 0 unspecified atom stereocenters. The quantitative estimate of drug-likeness (QED) is 0.589. The van der Waals surface area contributed by atoms with Crippen molar-refractivity contribution in [1.82, 2.24) is 0 Å². The number of benzene rings is 1. The molecule has 0 amide bonds. The summed E-state index contributed by atoms with van der Waals surface area (Å²) in [6.45, 7) is 0. The lowest BCUT2D eigenvalue weighted by Crippen LogP contribution is -2.20. The average molecular weight is 207 g/mol. The molecule has 0 spiro atoms. The Hall–Kier alpha value is -0.840. The van der Waals surface area contributed by atoms with Gasteiger partial charge < -0.3 is 0 Å². The van der Waals surface area contributed by atoms with Crippen LogP contribution in [0.2, 0.25) is 0 Å². The molecule has 13 heavy (non-hydrogen) atoms. The number of anilines is 1. The predicted molar refractivity (Wildman–Crippen MR) is 47.9 cm³/mol. The molecule has 0 bridgehead atoms. The molecular weight excluding hydrogens is 199 g/mol. The van der Waals surface area contributed by atoms with Gasteiger partial charge in [-0.2, -0.15) is 13.2 Å². The highest BCUT2D eigenvalue weighted by atomic mass is 32.2. The van der Waals surface area contributed by atoms with Crippen LogP contribution < -0.4 is 5.32 Å². The SMILES string of the molecule is CSc1ccccc1NC(F)(F)F. The second-order valence-electron chi connectivity index (χ2n) is 2.32. The van der Waals surface area contributed by atoms with Gasteiger partial charge >= 0.3 is 6.30 Å². The van der Waals surface area contributed by atoms with Crippen LogP contribution in [0.4, 0.5) is 18.9 Å². The Morgan fingerprint density at radius 3 is 2.38 bits per heavy atom. The Bertz CT molecular complexity index is 285. The molecule has 0 saturated carbocycles. The lowest BCUT2D eigenvalue weighted by molar-refractivity contribution is -0.100. The minimum Gasteiger partial charge on any atom is -0.296 e. The third-order valence-corrected chi connectivity index (χ3v) is 2.18. The van der Waals surface area contributed by atoms with Crippen molar-refractivity contribution in [1.29, 1.82) is 0 Å². The van der Waals surface area contributed by atoms with Crippen molar-refractivity contribution in [3.63, 3.8) is 0 Å². The molecular formula is C8H8F3NS. The summed E-state index contributed by atoms with van der Waals surface area (Å²) >= 11 is 1.27. The maximum Gasteiger partial charge on any atom is 0.482 e. The van der Waals surface area contributed by atoms with Gasteiger partial charge in [0.05, 0.1) is 5.69 Å². The van der Waals surface area contributed by atoms with Crippen molar-refractivity contribution in [2.75, 3.05) is 11.6 Å². The molecule has 1 aromatic carbocycles. The first-order chi connectivity index (χ1) is 6.03. The summed E-state index contributed by atoms with van der Waals surface area (Å²) in [5.74, 6) is 0. The van der Waals surface area contributed by atoms with E-state index in [2.05, 4.69) is 0 Å². The van der Waals surface area contributed by atoms with E-state index in [-0.39, 0.29) is 5.69 Å². The zero-order valence-corrected chi connectivity index (χ0v) is 7.67. The first-order valence-electron chi connectivity index (χ1n) is 3.51. The zero-order chi connectivity index (χ0) is 9.90. The molecule has 0 aliphatic heterocycles. The predicted octanol–water partition coefficient (Wildman–Crippen LogP) is 3.34. The summed E-state index contributed by atoms with van der Waals surface area (Å²) in [6.07, 6.45) is -2.64. The molecule has 5 heteroatoms. The van der Waals surface area contributed by atoms with E-state index in [1.165, 1.54) is 23.1 Å². The van der Waals surface area contributed by atoms with E-state index in [4.69, 9.17) is 0 Å². The van der Waals surface area contributed by atoms with Crippen LogP contribution in [-0.2, 0) is 0 Å². The molecule has 1 rings (SSSR count). The summed E-state index contributed by atoms with van der Waals surface area (Å²) in [7, 11) is 0. The van der Waals surface area contributed by atoms with Gasteiger partial charge in [0.2, 0.25) is 0 Å². The second kappa shape index (κ2) is 3.91. The molecule has 0 radical (unpaired) electrons. The summed E-state index contributed by atoms with van der Waals surface area (Å²) in [5.41, 5.74) is 0.0995. The van der Waals surface area contributed by atoms with Crippen LogP contribution in [0.15, 0.2) is 29.2 Å². The van der Waals surface area contributed by atoms with Gasteiger partial charge in [0.15, 0.2) is 0 Å². The van der Waals surface area contributed by atoms with Gasteiger partial charge in [0.1, 0.15) is 0 Å². The molecule has 0 atom stereocenters. The van der Waals surface area contributed by atoms with Crippen molar-refractivity contribution in [3.05, 3.63) is 24.3 Å². The number of halogens is 3. The zero-order valence-electron chi connectivity index (χ0n) is 6.85. The van der Waals surface area contributed by atoms with E-state index >= 15 is 0 Å². The summed E-state index contributed by atoms with van der Waals surface area (Å²) in [4.78, 5) is 0.583. The lowest BCUT2D eigenvalue weighted by Gasteiger charge is -2.12. The fourth-order valence-electron chi connectivity index (χ4n) is 0.901. The van der Waals surface area contributed by atoms with Crippen LogP contribution in [0.1, 0.15) is 0 Å². The molecule has 0 saturated heterocycles. The van der Waals surface area contributed by atoms with Crippen LogP contribution in [0.25, 0.3) is 0 Å². The normalized spacial score (nSPS) is 11.4.